The van der Waals surface area contributed by atoms with Crippen molar-refractivity contribution in [2.75, 3.05) is 13.2 Å². The summed E-state index contributed by atoms with van der Waals surface area (Å²) in [4.78, 5) is 27.6. The van der Waals surface area contributed by atoms with Crippen LogP contribution in [0.5, 0.6) is 0 Å². The standard InChI is InChI=1S/C17H22N2O3S/c1-12(2)10-18-15(20)11-22-17(21)9-5-8-16-19-13-6-3-4-7-14(13)23-16/h3-4,6-7,12H,5,8-11H2,1-2H3,(H,18,20). The molecular weight excluding hydrogens is 312 g/mol. The maximum atomic E-state index is 11.6. The summed E-state index contributed by atoms with van der Waals surface area (Å²) in [5, 5.41) is 3.73. The van der Waals surface area contributed by atoms with Gasteiger partial charge in [-0.05, 0) is 30.9 Å². The first-order valence-corrected chi connectivity index (χ1v) is 8.63. The van der Waals surface area contributed by atoms with Crippen LogP contribution in [0.3, 0.4) is 0 Å². The van der Waals surface area contributed by atoms with Crippen molar-refractivity contribution in [3.63, 3.8) is 0 Å². The average molecular weight is 334 g/mol. The van der Waals surface area contributed by atoms with E-state index in [4.69, 9.17) is 4.74 Å². The summed E-state index contributed by atoms with van der Waals surface area (Å²) in [5.74, 6) is -0.215. The van der Waals surface area contributed by atoms with E-state index in [-0.39, 0.29) is 18.5 Å². The molecule has 1 heterocycles. The van der Waals surface area contributed by atoms with Crippen LogP contribution in [-0.4, -0.2) is 30.0 Å². The third-order valence-corrected chi connectivity index (χ3v) is 4.28. The number of esters is 1. The Morgan fingerprint density at radius 1 is 1.30 bits per heavy atom. The fourth-order valence-electron chi connectivity index (χ4n) is 2.00. The fourth-order valence-corrected chi connectivity index (χ4v) is 3.01. The molecule has 0 fully saturated rings. The van der Waals surface area contributed by atoms with Gasteiger partial charge in [-0.2, -0.15) is 0 Å². The minimum absolute atomic E-state index is 0.202. The number of nitrogens with one attached hydrogen (secondary N) is 1. The van der Waals surface area contributed by atoms with E-state index in [1.54, 1.807) is 11.3 Å². The number of amides is 1. The van der Waals surface area contributed by atoms with Gasteiger partial charge in [-0.3, -0.25) is 9.59 Å². The molecule has 0 aliphatic carbocycles. The molecule has 0 atom stereocenters. The summed E-state index contributed by atoms with van der Waals surface area (Å²) < 4.78 is 6.12. The molecule has 1 amide bonds. The predicted octanol–water partition coefficient (Wildman–Crippen LogP) is 2.93. The lowest BCUT2D eigenvalue weighted by molar-refractivity contribution is -0.148. The van der Waals surface area contributed by atoms with Crippen LogP contribution in [0.2, 0.25) is 0 Å². The highest BCUT2D eigenvalue weighted by atomic mass is 32.1. The molecule has 0 spiro atoms. The van der Waals surface area contributed by atoms with Crippen LogP contribution in [0.25, 0.3) is 10.2 Å². The molecule has 0 aliphatic heterocycles. The second kappa shape index (κ2) is 8.62. The molecule has 23 heavy (non-hydrogen) atoms. The minimum Gasteiger partial charge on any atom is -0.456 e. The number of ether oxygens (including phenoxy) is 1. The van der Waals surface area contributed by atoms with Gasteiger partial charge in [0.15, 0.2) is 6.61 Å². The van der Waals surface area contributed by atoms with Crippen LogP contribution in [0.4, 0.5) is 0 Å². The molecule has 0 unspecified atom stereocenters. The third-order valence-electron chi connectivity index (χ3n) is 3.18. The zero-order valence-corrected chi connectivity index (χ0v) is 14.3. The van der Waals surface area contributed by atoms with E-state index in [0.717, 1.165) is 21.6 Å². The van der Waals surface area contributed by atoms with E-state index in [9.17, 15) is 9.59 Å². The second-order valence-electron chi connectivity index (χ2n) is 5.79. The van der Waals surface area contributed by atoms with Crippen LogP contribution in [-0.2, 0) is 20.7 Å². The van der Waals surface area contributed by atoms with Crippen molar-refractivity contribution >= 4 is 33.4 Å². The summed E-state index contributed by atoms with van der Waals surface area (Å²) >= 11 is 1.65. The average Bonchev–Trinajstić information content (AvgIpc) is 2.93. The Bertz CT molecular complexity index is 634. The quantitative estimate of drug-likeness (QED) is 0.754. The van der Waals surface area contributed by atoms with Gasteiger partial charge in [-0.15, -0.1) is 11.3 Å². The first-order valence-electron chi connectivity index (χ1n) is 7.81. The minimum atomic E-state index is -0.342. The molecule has 0 aliphatic rings. The number of aromatic nitrogens is 1. The topological polar surface area (TPSA) is 68.3 Å². The summed E-state index contributed by atoms with van der Waals surface area (Å²) in [7, 11) is 0. The highest BCUT2D eigenvalue weighted by molar-refractivity contribution is 7.18. The molecule has 1 aromatic heterocycles. The SMILES string of the molecule is CC(C)CNC(=O)COC(=O)CCCc1nc2ccccc2s1. The number of benzene rings is 1. The zero-order chi connectivity index (χ0) is 16.7. The van der Waals surface area contributed by atoms with Gasteiger partial charge < -0.3 is 10.1 Å². The fraction of sp³-hybridized carbons (Fsp3) is 0.471. The molecule has 2 rings (SSSR count). The van der Waals surface area contributed by atoms with Crippen molar-refractivity contribution in [2.24, 2.45) is 5.92 Å². The second-order valence-corrected chi connectivity index (χ2v) is 6.90. The third kappa shape index (κ3) is 5.98. The van der Waals surface area contributed by atoms with Crippen molar-refractivity contribution in [3.8, 4) is 0 Å². The number of nitrogens with zero attached hydrogens (tertiary/aromatic N) is 1. The molecule has 0 saturated heterocycles. The van der Waals surface area contributed by atoms with Crippen LogP contribution in [0.15, 0.2) is 24.3 Å². The molecule has 5 nitrogen and oxygen atoms in total. The molecule has 6 heteroatoms. The van der Waals surface area contributed by atoms with Gasteiger partial charge >= 0.3 is 5.97 Å². The van der Waals surface area contributed by atoms with E-state index < -0.39 is 0 Å². The maximum absolute atomic E-state index is 11.6. The molecule has 1 aromatic carbocycles. The Morgan fingerprint density at radius 3 is 2.83 bits per heavy atom. The van der Waals surface area contributed by atoms with E-state index in [1.807, 2.05) is 38.1 Å². The Balaban J connectivity index is 1.65. The smallest absolute Gasteiger partial charge is 0.306 e. The Morgan fingerprint density at radius 2 is 2.09 bits per heavy atom. The van der Waals surface area contributed by atoms with Crippen LogP contribution in [0, 0.1) is 5.92 Å². The molecule has 0 radical (unpaired) electrons. The van der Waals surface area contributed by atoms with Crippen molar-refractivity contribution in [1.29, 1.82) is 0 Å². The van der Waals surface area contributed by atoms with Gasteiger partial charge in [0.1, 0.15) is 0 Å². The number of fused-ring (bicyclic) bond motifs is 1. The number of hydrogen-bond donors (Lipinski definition) is 1. The lowest BCUT2D eigenvalue weighted by Gasteiger charge is -2.08. The summed E-state index contributed by atoms with van der Waals surface area (Å²) in [6, 6.07) is 7.99. The van der Waals surface area contributed by atoms with Crippen LogP contribution < -0.4 is 5.32 Å². The zero-order valence-electron chi connectivity index (χ0n) is 13.5. The number of hydrogen-bond acceptors (Lipinski definition) is 5. The van der Waals surface area contributed by atoms with Gasteiger partial charge in [0.25, 0.3) is 5.91 Å². The van der Waals surface area contributed by atoms with Crippen molar-refractivity contribution in [3.05, 3.63) is 29.3 Å². The summed E-state index contributed by atoms with van der Waals surface area (Å²) in [6.07, 6.45) is 1.72. The van der Waals surface area contributed by atoms with Crippen LogP contribution in [0.1, 0.15) is 31.7 Å². The molecule has 124 valence electrons. The summed E-state index contributed by atoms with van der Waals surface area (Å²) in [6.45, 7) is 4.41. The van der Waals surface area contributed by atoms with E-state index in [2.05, 4.69) is 10.3 Å². The maximum Gasteiger partial charge on any atom is 0.306 e. The van der Waals surface area contributed by atoms with Gasteiger partial charge in [-0.1, -0.05) is 26.0 Å². The molecule has 0 bridgehead atoms. The number of aryl methyl sites for hydroxylation is 1. The largest absolute Gasteiger partial charge is 0.456 e. The van der Waals surface area contributed by atoms with E-state index in [1.165, 1.54) is 0 Å². The lowest BCUT2D eigenvalue weighted by atomic mass is 10.2. The van der Waals surface area contributed by atoms with Gasteiger partial charge in [0.05, 0.1) is 15.2 Å². The lowest BCUT2D eigenvalue weighted by Crippen LogP contribution is -2.31. The highest BCUT2D eigenvalue weighted by Crippen LogP contribution is 2.22. The van der Waals surface area contributed by atoms with Crippen LogP contribution >= 0.6 is 11.3 Å². The number of rotatable bonds is 8. The van der Waals surface area contributed by atoms with Crippen molar-refractivity contribution < 1.29 is 14.3 Å². The van der Waals surface area contributed by atoms with E-state index >= 15 is 0 Å². The summed E-state index contributed by atoms with van der Waals surface area (Å²) in [5.41, 5.74) is 0.997. The number of thiazole rings is 1. The van der Waals surface area contributed by atoms with E-state index in [0.29, 0.717) is 25.3 Å². The Kier molecular flexibility index (Phi) is 6.52. The highest BCUT2D eigenvalue weighted by Gasteiger charge is 2.09. The molecular formula is C17H22N2O3S. The first kappa shape index (κ1) is 17.4. The van der Waals surface area contributed by atoms with Gasteiger partial charge in [0.2, 0.25) is 0 Å². The normalized spacial score (nSPS) is 10.9. The molecule has 1 N–H and O–H groups in total. The number of para-hydroxylation sites is 1. The van der Waals surface area contributed by atoms with Crippen molar-refractivity contribution in [1.82, 2.24) is 10.3 Å². The number of carbonyl (C=O) groups is 2. The first-order chi connectivity index (χ1) is 11.0. The Labute approximate surface area is 140 Å². The van der Waals surface area contributed by atoms with Gasteiger partial charge in [-0.25, -0.2) is 4.98 Å². The number of carbonyl (C=O) groups excluding carboxylic acids is 2. The monoisotopic (exact) mass is 334 g/mol. The molecule has 2 aromatic rings. The van der Waals surface area contributed by atoms with Gasteiger partial charge in [0, 0.05) is 13.0 Å². The molecule has 0 saturated carbocycles. The Hall–Kier alpha value is -1.95. The predicted molar refractivity (Wildman–Crippen MR) is 91.4 cm³/mol. The van der Waals surface area contributed by atoms with Crippen molar-refractivity contribution in [2.45, 2.75) is 33.1 Å².